The van der Waals surface area contributed by atoms with E-state index in [-0.39, 0.29) is 0 Å². The molecule has 0 aliphatic carbocycles. The molecule has 0 spiro atoms. The zero-order valence-electron chi connectivity index (χ0n) is 12.5. The summed E-state index contributed by atoms with van der Waals surface area (Å²) in [6.07, 6.45) is 4.67. The molecule has 100 valence electrons. The molecule has 0 fully saturated rings. The topological polar surface area (TPSA) is 0 Å². The van der Waals surface area contributed by atoms with Gasteiger partial charge in [0.2, 0.25) is 0 Å². The van der Waals surface area contributed by atoms with Crippen molar-refractivity contribution in [1.29, 1.82) is 0 Å². The molecule has 1 aromatic rings. The fourth-order valence-corrected chi connectivity index (χ4v) is 2.61. The minimum Gasteiger partial charge on any atom is -0.0992 e. The second-order valence-corrected chi connectivity index (χ2v) is 5.71. The second-order valence-electron chi connectivity index (χ2n) is 5.71. The first kappa shape index (κ1) is 15.0. The highest BCUT2D eigenvalue weighted by Gasteiger charge is 2.12. The molecule has 1 unspecified atom stereocenters. The number of hydrogen-bond donors (Lipinski definition) is 0. The molecule has 0 saturated heterocycles. The molecule has 0 heteroatoms. The molecule has 18 heavy (non-hydrogen) atoms. The Hall–Kier alpha value is -1.04. The van der Waals surface area contributed by atoms with Crippen molar-refractivity contribution in [2.24, 2.45) is 5.92 Å². The van der Waals surface area contributed by atoms with E-state index in [1.54, 1.807) is 0 Å². The van der Waals surface area contributed by atoms with Crippen LogP contribution in [0.15, 0.2) is 36.4 Å². The van der Waals surface area contributed by atoms with Crippen molar-refractivity contribution < 1.29 is 0 Å². The lowest BCUT2D eigenvalue weighted by Crippen LogP contribution is -2.01. The molecule has 0 heterocycles. The van der Waals surface area contributed by atoms with Crippen LogP contribution in [0.4, 0.5) is 0 Å². The maximum Gasteiger partial charge on any atom is 0.00428 e. The smallest absolute Gasteiger partial charge is 0.00428 e. The van der Waals surface area contributed by atoms with Gasteiger partial charge in [-0.05, 0) is 36.3 Å². The van der Waals surface area contributed by atoms with Crippen molar-refractivity contribution in [1.82, 2.24) is 0 Å². The molecule has 0 radical (unpaired) electrons. The Morgan fingerprint density at radius 1 is 1.11 bits per heavy atom. The molecule has 0 aliphatic rings. The molecule has 0 saturated carbocycles. The predicted molar refractivity (Wildman–Crippen MR) is 82.1 cm³/mol. The highest BCUT2D eigenvalue weighted by molar-refractivity contribution is 5.30. The average molecular weight is 244 g/mol. The van der Waals surface area contributed by atoms with Gasteiger partial charge in [0.25, 0.3) is 0 Å². The highest BCUT2D eigenvalue weighted by Crippen LogP contribution is 2.29. The molecule has 0 bridgehead atoms. The zero-order chi connectivity index (χ0) is 13.5. The minimum absolute atomic E-state index is 0.540. The van der Waals surface area contributed by atoms with Crippen LogP contribution in [0.2, 0.25) is 0 Å². The molecule has 0 amide bonds. The Morgan fingerprint density at radius 2 is 1.72 bits per heavy atom. The summed E-state index contributed by atoms with van der Waals surface area (Å²) in [5.74, 6) is 1.27. The first-order chi connectivity index (χ1) is 8.58. The van der Waals surface area contributed by atoms with Gasteiger partial charge in [0.15, 0.2) is 0 Å². The lowest BCUT2D eigenvalue weighted by Gasteiger charge is -2.18. The van der Waals surface area contributed by atoms with Crippen LogP contribution in [0.3, 0.4) is 0 Å². The van der Waals surface area contributed by atoms with Crippen LogP contribution in [-0.2, 0) is 6.42 Å². The summed E-state index contributed by atoms with van der Waals surface area (Å²) in [6.45, 7) is 13.3. The van der Waals surface area contributed by atoms with Crippen LogP contribution >= 0.6 is 0 Å². The van der Waals surface area contributed by atoms with Crippen molar-refractivity contribution in [3.05, 3.63) is 47.5 Å². The number of hydrogen-bond acceptors (Lipinski definition) is 0. The number of allylic oxidation sites excluding steroid dienone is 1. The van der Waals surface area contributed by atoms with Crippen LogP contribution in [0.5, 0.6) is 0 Å². The Labute approximate surface area is 113 Å². The van der Waals surface area contributed by atoms with Crippen LogP contribution in [0.25, 0.3) is 0 Å². The Bertz CT molecular complexity index is 356. The average Bonchev–Trinajstić information content (AvgIpc) is 2.32. The molecule has 0 aromatic heterocycles. The van der Waals surface area contributed by atoms with Crippen LogP contribution < -0.4 is 0 Å². The van der Waals surface area contributed by atoms with Gasteiger partial charge in [-0.15, -0.1) is 0 Å². The van der Waals surface area contributed by atoms with Crippen molar-refractivity contribution >= 4 is 0 Å². The van der Waals surface area contributed by atoms with Crippen molar-refractivity contribution in [3.63, 3.8) is 0 Å². The largest absolute Gasteiger partial charge is 0.0992 e. The monoisotopic (exact) mass is 244 g/mol. The summed E-state index contributed by atoms with van der Waals surface area (Å²) < 4.78 is 0. The maximum atomic E-state index is 4.26. The Balaban J connectivity index is 2.78. The number of rotatable bonds is 7. The second kappa shape index (κ2) is 7.41. The summed E-state index contributed by atoms with van der Waals surface area (Å²) in [7, 11) is 0. The van der Waals surface area contributed by atoms with Gasteiger partial charge >= 0.3 is 0 Å². The molecular formula is C18H28. The fraction of sp³-hybridized carbons (Fsp3) is 0.556. The molecule has 0 aliphatic heterocycles. The Kier molecular flexibility index (Phi) is 6.18. The maximum absolute atomic E-state index is 4.26. The van der Waals surface area contributed by atoms with Crippen molar-refractivity contribution in [2.75, 3.05) is 0 Å². The third-order valence-corrected chi connectivity index (χ3v) is 3.50. The summed E-state index contributed by atoms with van der Waals surface area (Å²) in [5, 5.41) is 0. The first-order valence-corrected chi connectivity index (χ1v) is 7.34. The highest BCUT2D eigenvalue weighted by atomic mass is 14.2. The van der Waals surface area contributed by atoms with Gasteiger partial charge in [0.05, 0.1) is 0 Å². The van der Waals surface area contributed by atoms with Gasteiger partial charge in [-0.2, -0.15) is 0 Å². The van der Waals surface area contributed by atoms with E-state index >= 15 is 0 Å². The van der Waals surface area contributed by atoms with E-state index in [2.05, 4.69) is 58.5 Å². The summed E-state index contributed by atoms with van der Waals surface area (Å²) in [5.41, 5.74) is 4.27. The van der Waals surface area contributed by atoms with Gasteiger partial charge in [-0.3, -0.25) is 0 Å². The van der Waals surface area contributed by atoms with E-state index in [1.807, 2.05) is 0 Å². The van der Waals surface area contributed by atoms with Crippen LogP contribution in [0, 0.1) is 5.92 Å². The van der Waals surface area contributed by atoms with Crippen molar-refractivity contribution in [2.45, 2.75) is 59.3 Å². The minimum atomic E-state index is 0.540. The first-order valence-electron chi connectivity index (χ1n) is 7.34. The van der Waals surface area contributed by atoms with E-state index in [0.717, 1.165) is 18.8 Å². The van der Waals surface area contributed by atoms with Gasteiger partial charge in [-0.25, -0.2) is 0 Å². The van der Waals surface area contributed by atoms with E-state index in [4.69, 9.17) is 0 Å². The van der Waals surface area contributed by atoms with E-state index in [9.17, 15) is 0 Å². The molecule has 1 aromatic carbocycles. The third kappa shape index (κ3) is 4.33. The predicted octanol–water partition coefficient (Wildman–Crippen LogP) is 5.74. The van der Waals surface area contributed by atoms with Gasteiger partial charge in [0.1, 0.15) is 0 Å². The molecular weight excluding hydrogens is 216 g/mol. The SMILES string of the molecule is C=C(CCC)C(CC)c1ccc(CC(C)C)cc1. The van der Waals surface area contributed by atoms with Crippen LogP contribution in [0.1, 0.15) is 64.0 Å². The molecule has 0 nitrogen and oxygen atoms in total. The van der Waals surface area contributed by atoms with Gasteiger partial charge < -0.3 is 0 Å². The summed E-state index contributed by atoms with van der Waals surface area (Å²) in [4.78, 5) is 0. The zero-order valence-corrected chi connectivity index (χ0v) is 12.5. The normalized spacial score (nSPS) is 12.7. The van der Waals surface area contributed by atoms with E-state index in [0.29, 0.717) is 5.92 Å². The quantitative estimate of drug-likeness (QED) is 0.537. The van der Waals surface area contributed by atoms with E-state index < -0.39 is 0 Å². The molecule has 0 N–H and O–H groups in total. The van der Waals surface area contributed by atoms with Crippen LogP contribution in [-0.4, -0.2) is 0 Å². The molecule has 1 atom stereocenters. The van der Waals surface area contributed by atoms with E-state index in [1.165, 1.54) is 29.5 Å². The standard InChI is InChI=1S/C18H28/c1-6-8-15(5)18(7-2)17-11-9-16(10-12-17)13-14(3)4/h9-12,14,18H,5-8,13H2,1-4H3. The molecule has 1 rings (SSSR count). The van der Waals surface area contributed by atoms with Crippen molar-refractivity contribution in [3.8, 4) is 0 Å². The van der Waals surface area contributed by atoms with Gasteiger partial charge in [-0.1, -0.05) is 70.5 Å². The Morgan fingerprint density at radius 3 is 2.17 bits per heavy atom. The van der Waals surface area contributed by atoms with Gasteiger partial charge in [0, 0.05) is 5.92 Å². The third-order valence-electron chi connectivity index (χ3n) is 3.50. The lowest BCUT2D eigenvalue weighted by atomic mass is 9.87. The summed E-state index contributed by atoms with van der Waals surface area (Å²) >= 11 is 0. The number of benzene rings is 1. The summed E-state index contributed by atoms with van der Waals surface area (Å²) in [6, 6.07) is 9.17. The fourth-order valence-electron chi connectivity index (χ4n) is 2.61. The lowest BCUT2D eigenvalue weighted by molar-refractivity contribution is 0.646.